The number of nitro groups is 1. The minimum Gasteiger partial charge on any atom is -0.334 e. The number of aromatic nitrogens is 2. The first-order chi connectivity index (χ1) is 10.9. The molecule has 0 fully saturated rings. The van der Waals surface area contributed by atoms with Crippen LogP contribution < -0.4 is 5.56 Å². The Morgan fingerprint density at radius 3 is 2.91 bits per heavy atom. The third-order valence-electron chi connectivity index (χ3n) is 3.82. The van der Waals surface area contributed by atoms with E-state index < -0.39 is 4.92 Å². The van der Waals surface area contributed by atoms with Crippen molar-refractivity contribution in [2.45, 2.75) is 19.5 Å². The molecule has 7 nitrogen and oxygen atoms in total. The van der Waals surface area contributed by atoms with Crippen molar-refractivity contribution in [3.8, 4) is 0 Å². The van der Waals surface area contributed by atoms with E-state index in [1.165, 1.54) is 18.2 Å². The van der Waals surface area contributed by atoms with Crippen molar-refractivity contribution in [1.82, 2.24) is 14.9 Å². The zero-order valence-corrected chi connectivity index (χ0v) is 13.5. The zero-order chi connectivity index (χ0) is 16.6. The number of nitrogens with zero attached hydrogens (tertiary/aromatic N) is 2. The standard InChI is InChI=1S/C14H13ClN4O3S/c15-11-2-1-9(19(21)22)5-8(11)6-18-4-3-10-12(7-18)16-14(23)17-13(10)20/h1-2,5H,3-4,6-7H2,(H2,16,17,20,23). The van der Waals surface area contributed by atoms with Crippen molar-refractivity contribution in [1.29, 1.82) is 0 Å². The number of rotatable bonds is 3. The van der Waals surface area contributed by atoms with Crippen LogP contribution in [0.15, 0.2) is 23.0 Å². The van der Waals surface area contributed by atoms with Crippen molar-refractivity contribution in [3.63, 3.8) is 0 Å². The van der Waals surface area contributed by atoms with Gasteiger partial charge in [-0.15, -0.1) is 0 Å². The van der Waals surface area contributed by atoms with Gasteiger partial charge in [0.1, 0.15) is 0 Å². The highest BCUT2D eigenvalue weighted by atomic mass is 35.5. The molecule has 0 saturated carbocycles. The second kappa shape index (κ2) is 6.23. The Hall–Kier alpha value is -2.03. The molecular weight excluding hydrogens is 340 g/mol. The average Bonchev–Trinajstić information content (AvgIpc) is 2.48. The fourth-order valence-corrected chi connectivity index (χ4v) is 3.10. The molecule has 0 aliphatic carbocycles. The summed E-state index contributed by atoms with van der Waals surface area (Å²) in [5, 5.41) is 11.4. The molecule has 3 rings (SSSR count). The largest absolute Gasteiger partial charge is 0.334 e. The van der Waals surface area contributed by atoms with Crippen molar-refractivity contribution < 1.29 is 4.92 Å². The molecule has 1 aromatic carbocycles. The van der Waals surface area contributed by atoms with E-state index >= 15 is 0 Å². The van der Waals surface area contributed by atoms with Gasteiger partial charge in [0.25, 0.3) is 11.2 Å². The van der Waals surface area contributed by atoms with E-state index in [4.69, 9.17) is 23.8 Å². The molecule has 2 N–H and O–H groups in total. The minimum absolute atomic E-state index is 0.0117. The van der Waals surface area contributed by atoms with E-state index in [9.17, 15) is 14.9 Å². The minimum atomic E-state index is -0.442. The second-order valence-corrected chi connectivity index (χ2v) is 6.17. The average molecular weight is 353 g/mol. The number of H-pyrrole nitrogens is 2. The van der Waals surface area contributed by atoms with Gasteiger partial charge in [-0.3, -0.25) is 24.8 Å². The van der Waals surface area contributed by atoms with Crippen LogP contribution in [0.2, 0.25) is 5.02 Å². The molecule has 2 heterocycles. The number of halogens is 1. The summed E-state index contributed by atoms with van der Waals surface area (Å²) in [4.78, 5) is 30.0. The third-order valence-corrected chi connectivity index (χ3v) is 4.40. The predicted molar refractivity (Wildman–Crippen MR) is 88.2 cm³/mol. The van der Waals surface area contributed by atoms with Crippen LogP contribution in [-0.4, -0.2) is 26.3 Å². The highest BCUT2D eigenvalue weighted by molar-refractivity contribution is 7.71. The summed E-state index contributed by atoms with van der Waals surface area (Å²) < 4.78 is 0.295. The van der Waals surface area contributed by atoms with Crippen LogP contribution >= 0.6 is 23.8 Å². The van der Waals surface area contributed by atoms with Crippen molar-refractivity contribution in [2.24, 2.45) is 0 Å². The maximum absolute atomic E-state index is 11.9. The quantitative estimate of drug-likeness (QED) is 0.503. The maximum atomic E-state index is 11.9. The summed E-state index contributed by atoms with van der Waals surface area (Å²) in [6, 6.07) is 4.40. The smallest absolute Gasteiger partial charge is 0.269 e. The molecule has 23 heavy (non-hydrogen) atoms. The number of nitrogens with one attached hydrogen (secondary N) is 2. The number of benzene rings is 1. The Bertz CT molecular complexity index is 892. The zero-order valence-electron chi connectivity index (χ0n) is 12.0. The summed E-state index contributed by atoms with van der Waals surface area (Å²) >= 11 is 11.1. The van der Waals surface area contributed by atoms with Gasteiger partial charge >= 0.3 is 0 Å². The molecule has 0 radical (unpaired) electrons. The molecule has 0 amide bonds. The van der Waals surface area contributed by atoms with Gasteiger partial charge in [-0.05, 0) is 30.3 Å². The topological polar surface area (TPSA) is 95.0 Å². The van der Waals surface area contributed by atoms with Crippen LogP contribution in [0.5, 0.6) is 0 Å². The number of non-ortho nitro benzene ring substituents is 1. The van der Waals surface area contributed by atoms with Crippen LogP contribution in [0.3, 0.4) is 0 Å². The molecular formula is C14H13ClN4O3S. The van der Waals surface area contributed by atoms with E-state index in [-0.39, 0.29) is 11.2 Å². The Balaban J connectivity index is 1.85. The first-order valence-corrected chi connectivity index (χ1v) is 7.72. The number of hydrogen-bond acceptors (Lipinski definition) is 5. The maximum Gasteiger partial charge on any atom is 0.269 e. The molecule has 0 spiro atoms. The van der Waals surface area contributed by atoms with Gasteiger partial charge in [-0.1, -0.05) is 11.6 Å². The molecule has 1 aliphatic heterocycles. The molecule has 0 unspecified atom stereocenters. The summed E-state index contributed by atoms with van der Waals surface area (Å²) in [5.74, 6) is 0. The molecule has 0 atom stereocenters. The van der Waals surface area contributed by atoms with Gasteiger partial charge in [-0.25, -0.2) is 0 Å². The lowest BCUT2D eigenvalue weighted by Gasteiger charge is -2.28. The lowest BCUT2D eigenvalue weighted by molar-refractivity contribution is -0.384. The molecule has 0 bridgehead atoms. The summed E-state index contributed by atoms with van der Waals surface area (Å²) in [7, 11) is 0. The lowest BCUT2D eigenvalue weighted by Crippen LogP contribution is -2.34. The van der Waals surface area contributed by atoms with Gasteiger partial charge in [0.05, 0.1) is 4.92 Å². The third kappa shape index (κ3) is 3.34. The number of nitro benzene ring substituents is 1. The van der Waals surface area contributed by atoms with E-state index in [1.807, 2.05) is 0 Å². The highest BCUT2D eigenvalue weighted by Crippen LogP contribution is 2.25. The normalized spacial score (nSPS) is 14.5. The van der Waals surface area contributed by atoms with Crippen molar-refractivity contribution in [3.05, 3.63) is 65.3 Å². The fraction of sp³-hybridized carbons (Fsp3) is 0.286. The Morgan fingerprint density at radius 1 is 1.39 bits per heavy atom. The van der Waals surface area contributed by atoms with Gasteiger partial charge in [-0.2, -0.15) is 0 Å². The van der Waals surface area contributed by atoms with Crippen LogP contribution in [0.4, 0.5) is 5.69 Å². The molecule has 0 saturated heterocycles. The van der Waals surface area contributed by atoms with Crippen molar-refractivity contribution in [2.75, 3.05) is 6.54 Å². The molecule has 1 aliphatic rings. The summed E-state index contributed by atoms with van der Waals surface area (Å²) in [5.41, 5.74) is 2.04. The molecule has 2 aromatic rings. The van der Waals surface area contributed by atoms with Crippen molar-refractivity contribution >= 4 is 29.5 Å². The van der Waals surface area contributed by atoms with Crippen LogP contribution in [-0.2, 0) is 19.5 Å². The van der Waals surface area contributed by atoms with Gasteiger partial charge < -0.3 is 4.98 Å². The summed E-state index contributed by atoms with van der Waals surface area (Å²) in [6.07, 6.45) is 0.587. The van der Waals surface area contributed by atoms with Gasteiger partial charge in [0.2, 0.25) is 0 Å². The first kappa shape index (κ1) is 15.9. The number of aromatic amines is 2. The second-order valence-electron chi connectivity index (χ2n) is 5.36. The monoisotopic (exact) mass is 352 g/mol. The molecule has 9 heteroatoms. The van der Waals surface area contributed by atoms with Crippen LogP contribution in [0.25, 0.3) is 0 Å². The van der Waals surface area contributed by atoms with E-state index in [1.54, 1.807) is 0 Å². The van der Waals surface area contributed by atoms with E-state index in [2.05, 4.69) is 14.9 Å². The first-order valence-electron chi connectivity index (χ1n) is 6.93. The van der Waals surface area contributed by atoms with Crippen LogP contribution in [0, 0.1) is 14.9 Å². The Labute approximate surface area is 141 Å². The van der Waals surface area contributed by atoms with Gasteiger partial charge in [0, 0.05) is 48.0 Å². The number of fused-ring (bicyclic) bond motifs is 1. The Morgan fingerprint density at radius 2 is 2.17 bits per heavy atom. The highest BCUT2D eigenvalue weighted by Gasteiger charge is 2.21. The van der Waals surface area contributed by atoms with Gasteiger partial charge in [0.15, 0.2) is 4.77 Å². The number of hydrogen-bond donors (Lipinski definition) is 2. The summed E-state index contributed by atoms with van der Waals surface area (Å²) in [6.45, 7) is 1.65. The Kier molecular flexibility index (Phi) is 4.29. The fourth-order valence-electron chi connectivity index (χ4n) is 2.70. The SMILES string of the molecule is O=c1[nH]c(=S)[nH]c2c1CCN(Cc1cc([N+](=O)[O-])ccc1Cl)C2. The van der Waals surface area contributed by atoms with Crippen LogP contribution in [0.1, 0.15) is 16.8 Å². The molecule has 120 valence electrons. The van der Waals surface area contributed by atoms with E-state index in [0.29, 0.717) is 47.0 Å². The van der Waals surface area contributed by atoms with E-state index in [0.717, 1.165) is 5.69 Å². The predicted octanol–water partition coefficient (Wildman–Crippen LogP) is 2.55. The lowest BCUT2D eigenvalue weighted by atomic mass is 10.1. The molecule has 1 aromatic heterocycles.